The number of benzene rings is 3. The van der Waals surface area contributed by atoms with Crippen molar-refractivity contribution >= 4 is 16.8 Å². The van der Waals surface area contributed by atoms with Crippen LogP contribution < -0.4 is 9.47 Å². The zero-order valence-electron chi connectivity index (χ0n) is 17.0. The molecule has 0 unspecified atom stereocenters. The van der Waals surface area contributed by atoms with E-state index in [1.165, 1.54) is 0 Å². The van der Waals surface area contributed by atoms with Crippen molar-refractivity contribution in [1.29, 1.82) is 0 Å². The van der Waals surface area contributed by atoms with Crippen molar-refractivity contribution in [3.8, 4) is 22.6 Å². The smallest absolute Gasteiger partial charge is 0.228 e. The lowest BCUT2D eigenvalue weighted by Crippen LogP contribution is -2.07. The lowest BCUT2D eigenvalue weighted by Gasteiger charge is -2.16. The normalized spacial score (nSPS) is 13.0. The van der Waals surface area contributed by atoms with Crippen molar-refractivity contribution in [2.24, 2.45) is 0 Å². The van der Waals surface area contributed by atoms with Crippen LogP contribution in [0.2, 0.25) is 0 Å². The molecule has 0 amide bonds. The van der Waals surface area contributed by atoms with E-state index in [2.05, 4.69) is 6.07 Å². The molecular weight excluding hydrogens is 376 g/mol. The van der Waals surface area contributed by atoms with Crippen LogP contribution in [-0.2, 0) is 6.42 Å². The van der Waals surface area contributed by atoms with Gasteiger partial charge in [0.15, 0.2) is 5.76 Å². The SMILES string of the molecule is COc1ccc(-c2c(C(=O)c3ccc(C)cc3)oc3cc4c(cc23)CCCO4)cc1. The first-order chi connectivity index (χ1) is 14.6. The number of aryl methyl sites for hydroxylation is 2. The van der Waals surface area contributed by atoms with Crippen molar-refractivity contribution in [2.45, 2.75) is 19.8 Å². The van der Waals surface area contributed by atoms with Gasteiger partial charge < -0.3 is 13.9 Å². The summed E-state index contributed by atoms with van der Waals surface area (Å²) in [4.78, 5) is 13.4. The Morgan fingerprint density at radius 2 is 1.77 bits per heavy atom. The second-order valence-electron chi connectivity index (χ2n) is 7.64. The van der Waals surface area contributed by atoms with Crippen LogP contribution in [0.15, 0.2) is 65.1 Å². The molecule has 0 radical (unpaired) electrons. The third-order valence-electron chi connectivity index (χ3n) is 5.62. The summed E-state index contributed by atoms with van der Waals surface area (Å²) in [5.41, 5.74) is 5.26. The monoisotopic (exact) mass is 398 g/mol. The van der Waals surface area contributed by atoms with Crippen molar-refractivity contribution in [1.82, 2.24) is 0 Å². The molecule has 0 fully saturated rings. The van der Waals surface area contributed by atoms with Crippen LogP contribution in [0.1, 0.15) is 33.7 Å². The van der Waals surface area contributed by atoms with Gasteiger partial charge in [-0.2, -0.15) is 0 Å². The Balaban J connectivity index is 1.73. The second kappa shape index (κ2) is 7.38. The maximum Gasteiger partial charge on any atom is 0.228 e. The van der Waals surface area contributed by atoms with Crippen LogP contribution in [0.4, 0.5) is 0 Å². The fraction of sp³-hybridized carbons (Fsp3) is 0.192. The first kappa shape index (κ1) is 18.5. The number of methoxy groups -OCH3 is 1. The first-order valence-electron chi connectivity index (χ1n) is 10.1. The Labute approximate surface area is 175 Å². The van der Waals surface area contributed by atoms with Gasteiger partial charge >= 0.3 is 0 Å². The van der Waals surface area contributed by atoms with E-state index in [-0.39, 0.29) is 5.78 Å². The zero-order chi connectivity index (χ0) is 20.7. The van der Waals surface area contributed by atoms with Gasteiger partial charge in [0, 0.05) is 22.6 Å². The molecule has 0 saturated heterocycles. The average Bonchev–Trinajstić information content (AvgIpc) is 3.15. The Hall–Kier alpha value is -3.53. The van der Waals surface area contributed by atoms with E-state index < -0.39 is 0 Å². The van der Waals surface area contributed by atoms with Crippen LogP contribution in [0, 0.1) is 6.92 Å². The summed E-state index contributed by atoms with van der Waals surface area (Å²) >= 11 is 0. The van der Waals surface area contributed by atoms with Crippen LogP contribution >= 0.6 is 0 Å². The fourth-order valence-corrected chi connectivity index (χ4v) is 3.98. The molecule has 0 saturated carbocycles. The van der Waals surface area contributed by atoms with Gasteiger partial charge in [-0.1, -0.05) is 42.0 Å². The number of hydrogen-bond acceptors (Lipinski definition) is 4. The first-order valence-corrected chi connectivity index (χ1v) is 10.1. The molecule has 0 atom stereocenters. The third-order valence-corrected chi connectivity index (χ3v) is 5.62. The number of fused-ring (bicyclic) bond motifs is 2. The fourth-order valence-electron chi connectivity index (χ4n) is 3.98. The summed E-state index contributed by atoms with van der Waals surface area (Å²) < 4.78 is 17.3. The number of ketones is 1. The number of hydrogen-bond donors (Lipinski definition) is 0. The summed E-state index contributed by atoms with van der Waals surface area (Å²) in [6, 6.07) is 19.3. The minimum atomic E-state index is -0.129. The number of carbonyl (C=O) groups is 1. The number of furan rings is 1. The number of ether oxygens (including phenoxy) is 2. The second-order valence-corrected chi connectivity index (χ2v) is 7.64. The molecule has 0 N–H and O–H groups in total. The third kappa shape index (κ3) is 3.14. The maximum atomic E-state index is 13.4. The predicted molar refractivity (Wildman–Crippen MR) is 117 cm³/mol. The summed E-state index contributed by atoms with van der Waals surface area (Å²) in [7, 11) is 1.64. The quantitative estimate of drug-likeness (QED) is 0.397. The van der Waals surface area contributed by atoms with E-state index in [1.807, 2.05) is 61.5 Å². The topological polar surface area (TPSA) is 48.7 Å². The lowest BCUT2D eigenvalue weighted by molar-refractivity contribution is 0.101. The predicted octanol–water partition coefficient (Wildman–Crippen LogP) is 5.97. The molecule has 4 aromatic rings. The number of rotatable bonds is 4. The van der Waals surface area contributed by atoms with Gasteiger partial charge in [-0.15, -0.1) is 0 Å². The highest BCUT2D eigenvalue weighted by Gasteiger charge is 2.25. The maximum absolute atomic E-state index is 13.4. The standard InChI is InChI=1S/C26H22O4/c1-16-5-7-18(8-6-16)25(27)26-24(17-9-11-20(28-2)12-10-17)21-14-19-4-3-13-29-22(19)15-23(21)30-26/h5-12,14-15H,3-4,13H2,1-2H3. The Bertz CT molecular complexity index is 1230. The van der Waals surface area contributed by atoms with E-state index in [9.17, 15) is 4.79 Å². The molecule has 30 heavy (non-hydrogen) atoms. The van der Waals surface area contributed by atoms with E-state index in [0.29, 0.717) is 23.5 Å². The summed E-state index contributed by atoms with van der Waals surface area (Å²) in [5, 5.41) is 0.930. The highest BCUT2D eigenvalue weighted by Crippen LogP contribution is 2.40. The van der Waals surface area contributed by atoms with Gasteiger partial charge in [-0.05, 0) is 49.1 Å². The molecule has 4 nitrogen and oxygen atoms in total. The molecular formula is C26H22O4. The molecule has 150 valence electrons. The van der Waals surface area contributed by atoms with Crippen molar-refractivity contribution in [3.63, 3.8) is 0 Å². The van der Waals surface area contributed by atoms with Crippen molar-refractivity contribution < 1.29 is 18.7 Å². The molecule has 5 rings (SSSR count). The van der Waals surface area contributed by atoms with Crippen LogP contribution in [0.25, 0.3) is 22.1 Å². The Kier molecular flexibility index (Phi) is 4.55. The molecule has 1 aliphatic heterocycles. The minimum absolute atomic E-state index is 0.129. The Morgan fingerprint density at radius 1 is 1.00 bits per heavy atom. The molecule has 1 aromatic heterocycles. The summed E-state index contributed by atoms with van der Waals surface area (Å²) in [6.07, 6.45) is 1.95. The molecule has 0 spiro atoms. The van der Waals surface area contributed by atoms with Gasteiger partial charge in [0.2, 0.25) is 5.78 Å². The number of carbonyl (C=O) groups excluding carboxylic acids is 1. The highest BCUT2D eigenvalue weighted by molar-refractivity contribution is 6.15. The van der Waals surface area contributed by atoms with Gasteiger partial charge in [0.25, 0.3) is 0 Å². The van der Waals surface area contributed by atoms with Gasteiger partial charge in [-0.3, -0.25) is 4.79 Å². The van der Waals surface area contributed by atoms with Crippen molar-refractivity contribution in [3.05, 3.63) is 83.1 Å². The highest BCUT2D eigenvalue weighted by atomic mass is 16.5. The van der Waals surface area contributed by atoms with E-state index >= 15 is 0 Å². The lowest BCUT2D eigenvalue weighted by atomic mass is 9.95. The average molecular weight is 398 g/mol. The largest absolute Gasteiger partial charge is 0.497 e. The zero-order valence-corrected chi connectivity index (χ0v) is 17.0. The molecule has 1 aliphatic rings. The van der Waals surface area contributed by atoms with Crippen molar-refractivity contribution in [2.75, 3.05) is 13.7 Å². The molecule has 0 aliphatic carbocycles. The van der Waals surface area contributed by atoms with E-state index in [4.69, 9.17) is 13.9 Å². The Morgan fingerprint density at radius 3 is 2.50 bits per heavy atom. The van der Waals surface area contributed by atoms with Crippen LogP contribution in [0.5, 0.6) is 11.5 Å². The van der Waals surface area contributed by atoms with Gasteiger partial charge in [0.1, 0.15) is 17.1 Å². The molecule has 2 heterocycles. The van der Waals surface area contributed by atoms with E-state index in [1.54, 1.807) is 7.11 Å². The van der Waals surface area contributed by atoms with Crippen LogP contribution in [0.3, 0.4) is 0 Å². The minimum Gasteiger partial charge on any atom is -0.497 e. The molecule has 0 bridgehead atoms. The molecule has 3 aromatic carbocycles. The summed E-state index contributed by atoms with van der Waals surface area (Å²) in [5.74, 6) is 1.83. The molecule has 4 heteroatoms. The summed E-state index contributed by atoms with van der Waals surface area (Å²) in [6.45, 7) is 2.71. The van der Waals surface area contributed by atoms with Gasteiger partial charge in [-0.25, -0.2) is 0 Å². The van der Waals surface area contributed by atoms with E-state index in [0.717, 1.165) is 52.0 Å². The van der Waals surface area contributed by atoms with Gasteiger partial charge in [0.05, 0.1) is 13.7 Å². The van der Waals surface area contributed by atoms with Crippen LogP contribution in [-0.4, -0.2) is 19.5 Å².